The molecule has 0 aliphatic carbocycles. The van der Waals surface area contributed by atoms with Gasteiger partial charge in [0.15, 0.2) is 10.4 Å². The van der Waals surface area contributed by atoms with Gasteiger partial charge in [0, 0.05) is 17.8 Å². The van der Waals surface area contributed by atoms with Gasteiger partial charge in [-0.05, 0) is 58.7 Å². The summed E-state index contributed by atoms with van der Waals surface area (Å²) in [5.74, 6) is 1.24. The standard InChI is InChI=1S/C16H15BrN4O3/c1-2-9-18-16(22)19-11-5-3-10(4-6-11)14-20-15(24-21-14)12-7-8-13(17)23-12/h3-8H,2,9H2,1H3,(H2,18,19,22). The van der Waals surface area contributed by atoms with E-state index in [2.05, 4.69) is 36.7 Å². The van der Waals surface area contributed by atoms with E-state index >= 15 is 0 Å². The average molecular weight is 391 g/mol. The van der Waals surface area contributed by atoms with Gasteiger partial charge >= 0.3 is 6.03 Å². The van der Waals surface area contributed by atoms with Crippen LogP contribution in [0.3, 0.4) is 0 Å². The summed E-state index contributed by atoms with van der Waals surface area (Å²) in [6.45, 7) is 2.63. The Bertz CT molecular complexity index is 826. The van der Waals surface area contributed by atoms with E-state index < -0.39 is 0 Å². The van der Waals surface area contributed by atoms with Crippen molar-refractivity contribution in [2.45, 2.75) is 13.3 Å². The van der Waals surface area contributed by atoms with Crippen molar-refractivity contribution in [1.29, 1.82) is 0 Å². The molecule has 2 aromatic heterocycles. The van der Waals surface area contributed by atoms with Crippen molar-refractivity contribution in [3.8, 4) is 23.0 Å². The van der Waals surface area contributed by atoms with Gasteiger partial charge in [-0.1, -0.05) is 12.1 Å². The number of anilines is 1. The number of rotatable bonds is 5. The molecule has 0 unspecified atom stereocenters. The highest BCUT2D eigenvalue weighted by Gasteiger charge is 2.13. The van der Waals surface area contributed by atoms with Crippen molar-refractivity contribution < 1.29 is 13.7 Å². The third-order valence-corrected chi connectivity index (χ3v) is 3.57. The highest BCUT2D eigenvalue weighted by Crippen LogP contribution is 2.26. The van der Waals surface area contributed by atoms with Crippen molar-refractivity contribution in [2.75, 3.05) is 11.9 Å². The maximum atomic E-state index is 11.6. The van der Waals surface area contributed by atoms with Crippen LogP contribution in [0.2, 0.25) is 0 Å². The molecule has 1 aromatic carbocycles. The van der Waals surface area contributed by atoms with E-state index in [9.17, 15) is 4.79 Å². The largest absolute Gasteiger partial charge is 0.444 e. The highest BCUT2D eigenvalue weighted by atomic mass is 79.9. The van der Waals surface area contributed by atoms with E-state index in [4.69, 9.17) is 8.94 Å². The third-order valence-electron chi connectivity index (χ3n) is 3.15. The van der Waals surface area contributed by atoms with Crippen molar-refractivity contribution in [3.05, 3.63) is 41.1 Å². The first-order chi connectivity index (χ1) is 11.7. The Kier molecular flexibility index (Phi) is 4.95. The molecule has 0 saturated heterocycles. The fourth-order valence-corrected chi connectivity index (χ4v) is 2.29. The van der Waals surface area contributed by atoms with Crippen LogP contribution in [0.15, 0.2) is 50.0 Å². The van der Waals surface area contributed by atoms with E-state index in [-0.39, 0.29) is 6.03 Å². The minimum atomic E-state index is -0.227. The quantitative estimate of drug-likeness (QED) is 0.677. The van der Waals surface area contributed by atoms with Crippen LogP contribution in [0, 0.1) is 0 Å². The Morgan fingerprint density at radius 3 is 2.67 bits per heavy atom. The third kappa shape index (κ3) is 3.83. The molecule has 7 nitrogen and oxygen atoms in total. The summed E-state index contributed by atoms with van der Waals surface area (Å²) in [5.41, 5.74) is 1.46. The first-order valence-electron chi connectivity index (χ1n) is 7.40. The summed E-state index contributed by atoms with van der Waals surface area (Å²) in [6.07, 6.45) is 0.888. The summed E-state index contributed by atoms with van der Waals surface area (Å²) in [6, 6.07) is 10.4. The van der Waals surface area contributed by atoms with Crippen LogP contribution in [0.5, 0.6) is 0 Å². The molecule has 3 rings (SSSR count). The first kappa shape index (κ1) is 16.3. The van der Waals surface area contributed by atoms with Gasteiger partial charge in [-0.3, -0.25) is 0 Å². The van der Waals surface area contributed by atoms with Crippen LogP contribution >= 0.6 is 15.9 Å². The molecule has 24 heavy (non-hydrogen) atoms. The number of carbonyl (C=O) groups is 1. The van der Waals surface area contributed by atoms with Gasteiger partial charge in [-0.2, -0.15) is 4.98 Å². The van der Waals surface area contributed by atoms with Gasteiger partial charge in [0.05, 0.1) is 0 Å². The smallest absolute Gasteiger partial charge is 0.319 e. The lowest BCUT2D eigenvalue weighted by Crippen LogP contribution is -2.29. The maximum Gasteiger partial charge on any atom is 0.319 e. The average Bonchev–Trinajstić information content (AvgIpc) is 3.22. The zero-order valence-corrected chi connectivity index (χ0v) is 14.5. The van der Waals surface area contributed by atoms with Gasteiger partial charge in [0.2, 0.25) is 5.82 Å². The number of aromatic nitrogens is 2. The molecule has 124 valence electrons. The molecule has 0 fully saturated rings. The van der Waals surface area contributed by atoms with Gasteiger partial charge in [-0.25, -0.2) is 4.79 Å². The number of hydrogen-bond acceptors (Lipinski definition) is 5. The number of amides is 2. The fraction of sp³-hybridized carbons (Fsp3) is 0.188. The van der Waals surface area contributed by atoms with Crippen LogP contribution in [-0.4, -0.2) is 22.7 Å². The van der Waals surface area contributed by atoms with Gasteiger partial charge in [-0.15, -0.1) is 0 Å². The van der Waals surface area contributed by atoms with Crippen LogP contribution < -0.4 is 10.6 Å². The summed E-state index contributed by atoms with van der Waals surface area (Å²) in [4.78, 5) is 15.9. The molecule has 0 bridgehead atoms. The summed E-state index contributed by atoms with van der Waals surface area (Å²) in [5, 5.41) is 9.44. The minimum Gasteiger partial charge on any atom is -0.444 e. The number of nitrogens with one attached hydrogen (secondary N) is 2. The molecule has 2 heterocycles. The van der Waals surface area contributed by atoms with E-state index in [1.54, 1.807) is 24.3 Å². The van der Waals surface area contributed by atoms with Crippen LogP contribution in [0.25, 0.3) is 23.0 Å². The molecule has 0 aliphatic heterocycles. The van der Waals surface area contributed by atoms with Gasteiger partial charge in [0.25, 0.3) is 5.89 Å². The lowest BCUT2D eigenvalue weighted by molar-refractivity contribution is 0.252. The van der Waals surface area contributed by atoms with Crippen molar-refractivity contribution in [3.63, 3.8) is 0 Å². The highest BCUT2D eigenvalue weighted by molar-refractivity contribution is 9.10. The van der Waals surface area contributed by atoms with E-state index in [1.165, 1.54) is 0 Å². The molecule has 0 atom stereocenters. The lowest BCUT2D eigenvalue weighted by Gasteiger charge is -2.06. The monoisotopic (exact) mass is 390 g/mol. The number of furan rings is 1. The SMILES string of the molecule is CCCNC(=O)Nc1ccc(-c2noc(-c3ccc(Br)o3)n2)cc1. The van der Waals surface area contributed by atoms with E-state index in [0.29, 0.717) is 34.4 Å². The van der Waals surface area contributed by atoms with Crippen molar-refractivity contribution in [1.82, 2.24) is 15.5 Å². The minimum absolute atomic E-state index is 0.227. The fourth-order valence-electron chi connectivity index (χ4n) is 1.99. The normalized spacial score (nSPS) is 10.6. The number of nitrogens with zero attached hydrogens (tertiary/aromatic N) is 2. The lowest BCUT2D eigenvalue weighted by atomic mass is 10.2. The molecule has 2 amide bonds. The molecule has 0 aliphatic rings. The maximum absolute atomic E-state index is 11.6. The van der Waals surface area contributed by atoms with Crippen molar-refractivity contribution in [2.24, 2.45) is 0 Å². The molecular weight excluding hydrogens is 376 g/mol. The summed E-state index contributed by atoms with van der Waals surface area (Å²) < 4.78 is 11.2. The summed E-state index contributed by atoms with van der Waals surface area (Å²) >= 11 is 3.23. The second-order valence-corrected chi connectivity index (χ2v) is 5.77. The Hall–Kier alpha value is -2.61. The molecular formula is C16H15BrN4O3. The van der Waals surface area contributed by atoms with Crippen molar-refractivity contribution >= 4 is 27.6 Å². The van der Waals surface area contributed by atoms with Crippen LogP contribution in [-0.2, 0) is 0 Å². The number of benzene rings is 1. The second-order valence-electron chi connectivity index (χ2n) is 4.99. The Morgan fingerprint density at radius 2 is 2.00 bits per heavy atom. The Labute approximate surface area is 146 Å². The topological polar surface area (TPSA) is 93.2 Å². The van der Waals surface area contributed by atoms with Gasteiger partial charge in [0.1, 0.15) is 0 Å². The van der Waals surface area contributed by atoms with Gasteiger partial charge < -0.3 is 19.6 Å². The molecule has 3 aromatic rings. The molecule has 0 saturated carbocycles. The molecule has 0 radical (unpaired) electrons. The molecule has 8 heteroatoms. The zero-order valence-electron chi connectivity index (χ0n) is 12.9. The van der Waals surface area contributed by atoms with E-state index in [1.807, 2.05) is 19.1 Å². The number of hydrogen-bond donors (Lipinski definition) is 2. The van der Waals surface area contributed by atoms with E-state index in [0.717, 1.165) is 12.0 Å². The first-order valence-corrected chi connectivity index (χ1v) is 8.19. The predicted molar refractivity (Wildman–Crippen MR) is 92.4 cm³/mol. The van der Waals surface area contributed by atoms with Crippen LogP contribution in [0.1, 0.15) is 13.3 Å². The molecule has 0 spiro atoms. The predicted octanol–water partition coefficient (Wildman–Crippen LogP) is 4.29. The number of halogens is 1. The van der Waals surface area contributed by atoms with Crippen LogP contribution in [0.4, 0.5) is 10.5 Å². The number of urea groups is 1. The molecule has 2 N–H and O–H groups in total. The zero-order chi connectivity index (χ0) is 16.9. The second kappa shape index (κ2) is 7.31. The summed E-state index contributed by atoms with van der Waals surface area (Å²) in [7, 11) is 0. The Morgan fingerprint density at radius 1 is 1.21 bits per heavy atom. The Balaban J connectivity index is 1.70. The number of carbonyl (C=O) groups excluding carboxylic acids is 1.